The maximum absolute atomic E-state index is 12.1. The largest absolute Gasteiger partial charge is 0.481 e. The number of hydrogen-bond acceptors (Lipinski definition) is 2. The second kappa shape index (κ2) is 6.44. The average Bonchev–Trinajstić information content (AvgIpc) is 2.43. The maximum atomic E-state index is 12.1. The summed E-state index contributed by atoms with van der Waals surface area (Å²) in [6.45, 7) is 3.61. The van der Waals surface area contributed by atoms with Crippen LogP contribution in [-0.4, -0.2) is 12.0 Å². The number of benzene rings is 2. The summed E-state index contributed by atoms with van der Waals surface area (Å²) < 4.78 is 5.57. The molecule has 0 spiro atoms. The lowest BCUT2D eigenvalue weighted by Gasteiger charge is -2.15. The first-order valence-electron chi connectivity index (χ1n) is 6.35. The number of nitrogens with one attached hydrogen (secondary N) is 1. The number of rotatable bonds is 4. The summed E-state index contributed by atoms with van der Waals surface area (Å²) in [6, 6.07) is 14.6. The Kier molecular flexibility index (Phi) is 4.64. The SMILES string of the molecule is Cc1cc(Cl)ccc1NC(=O)[C@@H](C)Oc1ccccc1. The zero-order chi connectivity index (χ0) is 14.5. The van der Waals surface area contributed by atoms with Crippen molar-refractivity contribution in [3.63, 3.8) is 0 Å². The molecular formula is C16H16ClNO2. The van der Waals surface area contributed by atoms with Gasteiger partial charge in [0, 0.05) is 10.7 Å². The van der Waals surface area contributed by atoms with E-state index >= 15 is 0 Å². The van der Waals surface area contributed by atoms with E-state index in [1.54, 1.807) is 25.1 Å². The quantitative estimate of drug-likeness (QED) is 0.922. The smallest absolute Gasteiger partial charge is 0.265 e. The topological polar surface area (TPSA) is 38.3 Å². The third kappa shape index (κ3) is 3.75. The molecule has 4 heteroatoms. The Morgan fingerprint density at radius 1 is 1.20 bits per heavy atom. The second-order valence-corrected chi connectivity index (χ2v) is 4.96. The van der Waals surface area contributed by atoms with Crippen molar-refractivity contribution in [2.75, 3.05) is 5.32 Å². The third-order valence-electron chi connectivity index (χ3n) is 2.87. The first-order valence-corrected chi connectivity index (χ1v) is 6.73. The fraction of sp³-hybridized carbons (Fsp3) is 0.188. The Morgan fingerprint density at radius 2 is 1.90 bits per heavy atom. The summed E-state index contributed by atoms with van der Waals surface area (Å²) in [6.07, 6.45) is -0.576. The van der Waals surface area contributed by atoms with E-state index < -0.39 is 6.10 Å². The minimum absolute atomic E-state index is 0.195. The number of carbonyl (C=O) groups is 1. The number of amides is 1. The fourth-order valence-electron chi connectivity index (χ4n) is 1.76. The van der Waals surface area contributed by atoms with Crippen LogP contribution in [-0.2, 0) is 4.79 Å². The highest BCUT2D eigenvalue weighted by Gasteiger charge is 2.15. The first-order chi connectivity index (χ1) is 9.56. The van der Waals surface area contributed by atoms with Crippen molar-refractivity contribution in [1.29, 1.82) is 0 Å². The van der Waals surface area contributed by atoms with Crippen molar-refractivity contribution in [3.05, 3.63) is 59.1 Å². The van der Waals surface area contributed by atoms with E-state index in [2.05, 4.69) is 5.32 Å². The molecule has 0 aliphatic rings. The predicted octanol–water partition coefficient (Wildman–Crippen LogP) is 4.05. The maximum Gasteiger partial charge on any atom is 0.265 e. The molecule has 2 rings (SSSR count). The number of anilines is 1. The van der Waals surface area contributed by atoms with Gasteiger partial charge in [-0.1, -0.05) is 29.8 Å². The Hall–Kier alpha value is -2.00. The van der Waals surface area contributed by atoms with Crippen LogP contribution in [0.1, 0.15) is 12.5 Å². The van der Waals surface area contributed by atoms with Crippen LogP contribution in [0.25, 0.3) is 0 Å². The van der Waals surface area contributed by atoms with Crippen molar-refractivity contribution in [2.24, 2.45) is 0 Å². The Bertz CT molecular complexity index is 599. The standard InChI is InChI=1S/C16H16ClNO2/c1-11-10-13(17)8-9-15(11)18-16(19)12(2)20-14-6-4-3-5-7-14/h3-10,12H,1-2H3,(H,18,19)/t12-/m1/s1. The zero-order valence-electron chi connectivity index (χ0n) is 11.4. The van der Waals surface area contributed by atoms with Gasteiger partial charge in [0.2, 0.25) is 0 Å². The number of hydrogen-bond donors (Lipinski definition) is 1. The number of carbonyl (C=O) groups excluding carboxylic acids is 1. The van der Waals surface area contributed by atoms with E-state index in [1.165, 1.54) is 0 Å². The van der Waals surface area contributed by atoms with Crippen LogP contribution in [0.5, 0.6) is 5.75 Å². The van der Waals surface area contributed by atoms with E-state index in [4.69, 9.17) is 16.3 Å². The number of halogens is 1. The molecule has 2 aromatic rings. The van der Waals surface area contributed by atoms with Gasteiger partial charge >= 0.3 is 0 Å². The minimum atomic E-state index is -0.576. The third-order valence-corrected chi connectivity index (χ3v) is 3.11. The normalized spacial score (nSPS) is 11.8. The molecule has 0 saturated heterocycles. The van der Waals surface area contributed by atoms with Crippen LogP contribution in [0.15, 0.2) is 48.5 Å². The van der Waals surface area contributed by atoms with Crippen molar-refractivity contribution in [1.82, 2.24) is 0 Å². The van der Waals surface area contributed by atoms with E-state index in [1.807, 2.05) is 37.3 Å². The van der Waals surface area contributed by atoms with Crippen molar-refractivity contribution in [2.45, 2.75) is 20.0 Å². The summed E-state index contributed by atoms with van der Waals surface area (Å²) in [5, 5.41) is 3.48. The molecule has 104 valence electrons. The predicted molar refractivity (Wildman–Crippen MR) is 81.4 cm³/mol. The molecule has 0 bridgehead atoms. The summed E-state index contributed by atoms with van der Waals surface area (Å²) in [4.78, 5) is 12.1. The van der Waals surface area contributed by atoms with Crippen LogP contribution in [0.2, 0.25) is 5.02 Å². The molecule has 2 aromatic carbocycles. The lowest BCUT2D eigenvalue weighted by Crippen LogP contribution is -2.30. The second-order valence-electron chi connectivity index (χ2n) is 4.52. The van der Waals surface area contributed by atoms with E-state index in [-0.39, 0.29) is 5.91 Å². The van der Waals surface area contributed by atoms with E-state index in [0.717, 1.165) is 11.3 Å². The van der Waals surface area contributed by atoms with Crippen LogP contribution < -0.4 is 10.1 Å². The molecule has 20 heavy (non-hydrogen) atoms. The fourth-order valence-corrected chi connectivity index (χ4v) is 1.99. The summed E-state index contributed by atoms with van der Waals surface area (Å²) >= 11 is 5.89. The monoisotopic (exact) mass is 289 g/mol. The molecule has 0 fully saturated rings. The number of ether oxygens (including phenoxy) is 1. The number of aryl methyl sites for hydroxylation is 1. The molecule has 1 N–H and O–H groups in total. The molecule has 0 saturated carbocycles. The molecule has 0 unspecified atom stereocenters. The van der Waals surface area contributed by atoms with E-state index in [9.17, 15) is 4.79 Å². The van der Waals surface area contributed by atoms with Crippen LogP contribution in [0.4, 0.5) is 5.69 Å². The van der Waals surface area contributed by atoms with Crippen molar-refractivity contribution >= 4 is 23.2 Å². The molecule has 0 aliphatic carbocycles. The molecule has 0 aromatic heterocycles. The van der Waals surface area contributed by atoms with Gasteiger partial charge in [0.1, 0.15) is 5.75 Å². The highest BCUT2D eigenvalue weighted by molar-refractivity contribution is 6.30. The highest BCUT2D eigenvalue weighted by Crippen LogP contribution is 2.20. The molecule has 0 heterocycles. The van der Waals surface area contributed by atoms with Gasteiger partial charge in [-0.15, -0.1) is 0 Å². The van der Waals surface area contributed by atoms with Gasteiger partial charge in [-0.25, -0.2) is 0 Å². The Labute approximate surface area is 123 Å². The molecule has 1 atom stereocenters. The molecule has 0 radical (unpaired) electrons. The van der Waals surface area contributed by atoms with Gasteiger partial charge < -0.3 is 10.1 Å². The summed E-state index contributed by atoms with van der Waals surface area (Å²) in [5.74, 6) is 0.474. The van der Waals surface area contributed by atoms with Gasteiger partial charge in [-0.2, -0.15) is 0 Å². The molecule has 3 nitrogen and oxygen atoms in total. The summed E-state index contributed by atoms with van der Waals surface area (Å²) in [5.41, 5.74) is 1.65. The van der Waals surface area contributed by atoms with Gasteiger partial charge in [0.25, 0.3) is 5.91 Å². The van der Waals surface area contributed by atoms with E-state index in [0.29, 0.717) is 10.8 Å². The molecule has 0 aliphatic heterocycles. The molecular weight excluding hydrogens is 274 g/mol. The van der Waals surface area contributed by atoms with Crippen molar-refractivity contribution < 1.29 is 9.53 Å². The van der Waals surface area contributed by atoms with Gasteiger partial charge in [-0.05, 0) is 49.7 Å². The van der Waals surface area contributed by atoms with Crippen molar-refractivity contribution in [3.8, 4) is 5.75 Å². The Balaban J connectivity index is 2.01. The molecule has 1 amide bonds. The van der Waals surface area contributed by atoms with Gasteiger partial charge in [-0.3, -0.25) is 4.79 Å². The average molecular weight is 290 g/mol. The first kappa shape index (κ1) is 14.4. The summed E-state index contributed by atoms with van der Waals surface area (Å²) in [7, 11) is 0. The Morgan fingerprint density at radius 3 is 2.55 bits per heavy atom. The lowest BCUT2D eigenvalue weighted by atomic mass is 10.2. The van der Waals surface area contributed by atoms with Crippen LogP contribution >= 0.6 is 11.6 Å². The van der Waals surface area contributed by atoms with Gasteiger partial charge in [0.15, 0.2) is 6.10 Å². The number of para-hydroxylation sites is 1. The van der Waals surface area contributed by atoms with Crippen LogP contribution in [0.3, 0.4) is 0 Å². The lowest BCUT2D eigenvalue weighted by molar-refractivity contribution is -0.122. The van der Waals surface area contributed by atoms with Gasteiger partial charge in [0.05, 0.1) is 0 Å². The minimum Gasteiger partial charge on any atom is -0.481 e. The zero-order valence-corrected chi connectivity index (χ0v) is 12.1. The van der Waals surface area contributed by atoms with Crippen LogP contribution in [0, 0.1) is 6.92 Å². The highest BCUT2D eigenvalue weighted by atomic mass is 35.5.